The van der Waals surface area contributed by atoms with Crippen molar-refractivity contribution in [2.24, 2.45) is 5.41 Å². The molecule has 0 radical (unpaired) electrons. The molecule has 1 spiro atoms. The Bertz CT molecular complexity index is 1970. The predicted molar refractivity (Wildman–Crippen MR) is 207 cm³/mol. The van der Waals surface area contributed by atoms with Gasteiger partial charge in [-0.1, -0.05) is 43.3 Å². The minimum absolute atomic E-state index is 0.0741. The fraction of sp³-hybridized carbons (Fsp3) is 0.476. The number of hydrogen-bond acceptors (Lipinski definition) is 9. The highest BCUT2D eigenvalue weighted by molar-refractivity contribution is 6.06. The zero-order valence-electron chi connectivity index (χ0n) is 32.7. The second-order valence-electron chi connectivity index (χ2n) is 16.2. The minimum Gasteiger partial charge on any atom is -0.465 e. The fourth-order valence-corrected chi connectivity index (χ4v) is 7.84. The van der Waals surface area contributed by atoms with Crippen LogP contribution in [-0.4, -0.2) is 94.9 Å². The van der Waals surface area contributed by atoms with Crippen LogP contribution in [0.2, 0.25) is 0 Å². The van der Waals surface area contributed by atoms with Gasteiger partial charge in [0, 0.05) is 43.0 Å². The number of rotatable bonds is 11. The summed E-state index contributed by atoms with van der Waals surface area (Å²) in [6, 6.07) is 17.1. The number of fused-ring (bicyclic) bond motifs is 3. The molecule has 292 valence electrons. The smallest absolute Gasteiger partial charge is 0.410 e. The van der Waals surface area contributed by atoms with Gasteiger partial charge in [0.25, 0.3) is 0 Å². The zero-order valence-corrected chi connectivity index (χ0v) is 32.7. The second-order valence-corrected chi connectivity index (χ2v) is 16.2. The third kappa shape index (κ3) is 8.83. The third-order valence-electron chi connectivity index (χ3n) is 10.8. The van der Waals surface area contributed by atoms with Gasteiger partial charge in [-0.05, 0) is 107 Å². The van der Waals surface area contributed by atoms with Crippen molar-refractivity contribution in [2.75, 3.05) is 50.5 Å². The van der Waals surface area contributed by atoms with Crippen molar-refractivity contribution >= 4 is 41.3 Å². The Kier molecular flexibility index (Phi) is 11.3. The molecule has 0 bridgehead atoms. The van der Waals surface area contributed by atoms with Crippen LogP contribution in [0.25, 0.3) is 0 Å². The van der Waals surface area contributed by atoms with E-state index >= 15 is 0 Å². The number of nitrogens with zero attached hydrogens (tertiary/aromatic N) is 4. The first-order valence-corrected chi connectivity index (χ1v) is 19.0. The second kappa shape index (κ2) is 15.8. The minimum atomic E-state index is -0.775. The molecular formula is C42H52N6O7. The summed E-state index contributed by atoms with van der Waals surface area (Å²) in [5.74, 6) is -0.297. The molecule has 2 aliphatic heterocycles. The number of carbonyl (C=O) groups is 5. The van der Waals surface area contributed by atoms with Crippen LogP contribution in [0.3, 0.4) is 0 Å². The van der Waals surface area contributed by atoms with Gasteiger partial charge in [-0.15, -0.1) is 0 Å². The summed E-state index contributed by atoms with van der Waals surface area (Å²) < 4.78 is 10.7. The van der Waals surface area contributed by atoms with Gasteiger partial charge in [0.15, 0.2) is 0 Å². The number of carbonyl (C=O) groups excluding carboxylic acids is 5. The van der Waals surface area contributed by atoms with Crippen molar-refractivity contribution in [1.29, 1.82) is 0 Å². The Hall–Kier alpha value is -5.30. The number of nitrogens with one attached hydrogen (secondary N) is 2. The number of ether oxygens (including phenoxy) is 2. The van der Waals surface area contributed by atoms with E-state index in [0.717, 1.165) is 27.8 Å². The number of pyridine rings is 1. The van der Waals surface area contributed by atoms with Gasteiger partial charge in [-0.3, -0.25) is 24.1 Å². The summed E-state index contributed by atoms with van der Waals surface area (Å²) in [6.07, 6.45) is 3.24. The average Bonchev–Trinajstić information content (AvgIpc) is 3.64. The monoisotopic (exact) mass is 752 g/mol. The molecule has 55 heavy (non-hydrogen) atoms. The van der Waals surface area contributed by atoms with Crippen LogP contribution in [0, 0.1) is 5.41 Å². The van der Waals surface area contributed by atoms with Gasteiger partial charge in [0.2, 0.25) is 17.7 Å². The first kappa shape index (κ1) is 39.4. The largest absolute Gasteiger partial charge is 0.465 e. The summed E-state index contributed by atoms with van der Waals surface area (Å²) in [7, 11) is 1.67. The Morgan fingerprint density at radius 2 is 1.65 bits per heavy atom. The van der Waals surface area contributed by atoms with Crippen molar-refractivity contribution in [3.63, 3.8) is 0 Å². The Balaban J connectivity index is 1.20. The molecule has 1 saturated heterocycles. The van der Waals surface area contributed by atoms with Crippen LogP contribution in [0.1, 0.15) is 75.3 Å². The number of esters is 1. The fourth-order valence-electron chi connectivity index (χ4n) is 7.84. The molecule has 13 nitrogen and oxygen atoms in total. The molecule has 3 heterocycles. The Morgan fingerprint density at radius 3 is 2.35 bits per heavy atom. The van der Waals surface area contributed by atoms with E-state index in [4.69, 9.17) is 9.47 Å². The highest BCUT2D eigenvalue weighted by Crippen LogP contribution is 2.47. The Labute approximate surface area is 322 Å². The summed E-state index contributed by atoms with van der Waals surface area (Å²) in [5.41, 5.74) is 2.94. The normalized spacial score (nSPS) is 18.5. The lowest BCUT2D eigenvalue weighted by Gasteiger charge is -2.40. The molecule has 1 aromatic heterocycles. The molecule has 13 heteroatoms. The van der Waals surface area contributed by atoms with E-state index in [1.165, 1.54) is 4.90 Å². The SMILES string of the molecule is CCOC(=O)CN1CCC(C)(C(=O)N(CC(=O)Nc2ccc3c(c2)C[C@@]2(C3)C(=O)Nc3ncccc32)Cc2ccccc2CN(C)C(=O)OC(C)(C)C)CC1. The van der Waals surface area contributed by atoms with Crippen molar-refractivity contribution in [3.8, 4) is 0 Å². The van der Waals surface area contributed by atoms with Crippen LogP contribution in [-0.2, 0) is 60.0 Å². The molecule has 0 saturated carbocycles. The van der Waals surface area contributed by atoms with Crippen molar-refractivity contribution < 1.29 is 33.4 Å². The summed E-state index contributed by atoms with van der Waals surface area (Å²) >= 11 is 0. The molecule has 2 N–H and O–H groups in total. The molecule has 4 amide bonds. The first-order chi connectivity index (χ1) is 26.1. The van der Waals surface area contributed by atoms with E-state index < -0.39 is 22.5 Å². The molecule has 6 rings (SSSR count). The molecular weight excluding hydrogens is 700 g/mol. The predicted octanol–water partition coefficient (Wildman–Crippen LogP) is 5.07. The molecule has 0 unspecified atom stereocenters. The molecule has 1 aliphatic carbocycles. The highest BCUT2D eigenvalue weighted by Gasteiger charge is 2.51. The van der Waals surface area contributed by atoms with Crippen molar-refractivity contribution in [2.45, 2.75) is 84.4 Å². The molecule has 1 atom stereocenters. The highest BCUT2D eigenvalue weighted by atomic mass is 16.6. The number of aromatic nitrogens is 1. The number of amides is 4. The van der Waals surface area contributed by atoms with Crippen LogP contribution >= 0.6 is 0 Å². The van der Waals surface area contributed by atoms with E-state index in [1.807, 2.05) is 87.2 Å². The van der Waals surface area contributed by atoms with Gasteiger partial charge < -0.3 is 29.9 Å². The maximum Gasteiger partial charge on any atom is 0.410 e. The molecule has 3 aromatic rings. The molecule has 3 aliphatic rings. The van der Waals surface area contributed by atoms with E-state index in [9.17, 15) is 24.0 Å². The molecule has 2 aromatic carbocycles. The van der Waals surface area contributed by atoms with Gasteiger partial charge in [-0.25, -0.2) is 9.78 Å². The number of anilines is 2. The lowest BCUT2D eigenvalue weighted by Crippen LogP contribution is -2.51. The zero-order chi connectivity index (χ0) is 39.5. The Morgan fingerprint density at radius 1 is 0.964 bits per heavy atom. The van der Waals surface area contributed by atoms with Gasteiger partial charge in [0.1, 0.15) is 18.0 Å². The van der Waals surface area contributed by atoms with Crippen LogP contribution in [0.15, 0.2) is 60.8 Å². The van der Waals surface area contributed by atoms with Gasteiger partial charge in [0.05, 0.1) is 18.6 Å². The lowest BCUT2D eigenvalue weighted by molar-refractivity contribution is -0.148. The quantitative estimate of drug-likeness (QED) is 0.256. The average molecular weight is 753 g/mol. The standard InChI is InChI=1S/C42H52N6O7/c1-7-54-35(50)27-47-19-16-41(5,17-20-47)38(52)48(25-30-12-9-8-11-29(30)24-46(6)39(53)55-40(2,3)4)26-34(49)44-32-15-14-28-22-42(23-31(28)21-32)33-13-10-18-43-36(33)45-37(42)51/h8-15,18,21H,7,16-17,19-20,22-27H2,1-6H3,(H,44,49)(H,43,45,51)/t42-/m1/s1. The summed E-state index contributed by atoms with van der Waals surface area (Å²) in [5, 5.41) is 5.95. The first-order valence-electron chi connectivity index (χ1n) is 19.0. The van der Waals surface area contributed by atoms with Crippen LogP contribution in [0.5, 0.6) is 0 Å². The number of benzene rings is 2. The van der Waals surface area contributed by atoms with E-state index in [-0.39, 0.29) is 49.9 Å². The topological polar surface area (TPSA) is 150 Å². The number of likely N-dealkylation sites (tertiary alicyclic amines) is 1. The van der Waals surface area contributed by atoms with Crippen molar-refractivity contribution in [1.82, 2.24) is 19.7 Å². The van der Waals surface area contributed by atoms with Gasteiger partial charge >= 0.3 is 12.1 Å². The van der Waals surface area contributed by atoms with Crippen LogP contribution in [0.4, 0.5) is 16.3 Å². The molecule has 1 fully saturated rings. The number of hydrogen-bond donors (Lipinski definition) is 2. The number of piperidine rings is 1. The maximum atomic E-state index is 14.6. The van der Waals surface area contributed by atoms with Gasteiger partial charge in [-0.2, -0.15) is 0 Å². The van der Waals surface area contributed by atoms with E-state index in [2.05, 4.69) is 15.6 Å². The third-order valence-corrected chi connectivity index (χ3v) is 10.8. The lowest BCUT2D eigenvalue weighted by atomic mass is 9.78. The van der Waals surface area contributed by atoms with Crippen LogP contribution < -0.4 is 10.6 Å². The van der Waals surface area contributed by atoms with E-state index in [0.29, 0.717) is 56.9 Å². The summed E-state index contributed by atoms with van der Waals surface area (Å²) in [4.78, 5) is 76.1. The van der Waals surface area contributed by atoms with E-state index in [1.54, 1.807) is 25.1 Å². The maximum absolute atomic E-state index is 14.6. The van der Waals surface area contributed by atoms with Crippen molar-refractivity contribution in [3.05, 3.63) is 88.6 Å². The summed E-state index contributed by atoms with van der Waals surface area (Å²) in [6.45, 7) is 10.9.